The maximum atomic E-state index is 11.9. The number of benzene rings is 1. The highest BCUT2D eigenvalue weighted by Gasteiger charge is 2.23. The van der Waals surface area contributed by atoms with E-state index in [1.807, 2.05) is 0 Å². The Morgan fingerprint density at radius 2 is 1.86 bits per heavy atom. The zero-order valence-corrected chi connectivity index (χ0v) is 13.4. The summed E-state index contributed by atoms with van der Waals surface area (Å²) in [6, 6.07) is 5.50. The van der Waals surface area contributed by atoms with Gasteiger partial charge in [0.15, 0.2) is 0 Å². The Morgan fingerprint density at radius 1 is 1.27 bits per heavy atom. The van der Waals surface area contributed by atoms with Gasteiger partial charge in [0.05, 0.1) is 12.3 Å². The van der Waals surface area contributed by atoms with Crippen molar-refractivity contribution in [3.8, 4) is 0 Å². The molecule has 0 aliphatic heterocycles. The molecular weight excluding hydrogens is 310 g/mol. The summed E-state index contributed by atoms with van der Waals surface area (Å²) < 4.78 is 5.02. The van der Waals surface area contributed by atoms with Gasteiger partial charge < -0.3 is 15.2 Å². The van der Waals surface area contributed by atoms with Crippen LogP contribution in [0.4, 0.5) is 10.5 Å². The number of carbonyl (C=O) groups excluding carboxylic acids is 2. The van der Waals surface area contributed by atoms with Crippen LogP contribution in [0.15, 0.2) is 24.3 Å². The van der Waals surface area contributed by atoms with Crippen LogP contribution in [0.2, 0.25) is 5.02 Å². The van der Waals surface area contributed by atoms with E-state index < -0.39 is 30.3 Å². The minimum absolute atomic E-state index is 0.562. The monoisotopic (exact) mass is 329 g/mol. The summed E-state index contributed by atoms with van der Waals surface area (Å²) in [7, 11) is 0. The lowest BCUT2D eigenvalue weighted by Gasteiger charge is -2.22. The fourth-order valence-corrected chi connectivity index (χ4v) is 1.52. The van der Waals surface area contributed by atoms with Crippen molar-refractivity contribution in [3.63, 3.8) is 0 Å². The second kappa shape index (κ2) is 7.86. The summed E-state index contributed by atoms with van der Waals surface area (Å²) >= 11 is 5.75. The van der Waals surface area contributed by atoms with E-state index in [-0.39, 0.29) is 0 Å². The van der Waals surface area contributed by atoms with Crippen LogP contribution in [0.1, 0.15) is 20.8 Å². The maximum absolute atomic E-state index is 11.9. The predicted octanol–water partition coefficient (Wildman–Crippen LogP) is 1.67. The van der Waals surface area contributed by atoms with E-state index in [0.717, 1.165) is 0 Å². The normalized spacial score (nSPS) is 12.2. The molecule has 1 aromatic carbocycles. The molecule has 0 saturated heterocycles. The number of rotatable bonds is 5. The molecule has 8 heteroatoms. The maximum Gasteiger partial charge on any atom is 0.408 e. The summed E-state index contributed by atoms with van der Waals surface area (Å²) in [6.07, 6.45) is -0.784. The molecule has 0 aliphatic carbocycles. The molecule has 0 heterocycles. The predicted molar refractivity (Wildman–Crippen MR) is 83.5 cm³/mol. The molecule has 0 bridgehead atoms. The number of hydrazine groups is 1. The molecule has 4 N–H and O–H groups in total. The average molecular weight is 330 g/mol. The highest BCUT2D eigenvalue weighted by Crippen LogP contribution is 2.12. The molecule has 2 amide bonds. The van der Waals surface area contributed by atoms with Crippen molar-refractivity contribution >= 4 is 29.3 Å². The van der Waals surface area contributed by atoms with E-state index in [2.05, 4.69) is 16.2 Å². The smallest absolute Gasteiger partial charge is 0.408 e. The molecule has 1 aromatic rings. The molecule has 0 spiro atoms. The Kier molecular flexibility index (Phi) is 6.45. The summed E-state index contributed by atoms with van der Waals surface area (Å²) in [5.74, 6) is -0.608. The third-order valence-electron chi connectivity index (χ3n) is 2.36. The molecule has 1 unspecified atom stereocenters. The number of nitrogens with one attached hydrogen (secondary N) is 3. The van der Waals surface area contributed by atoms with Crippen LogP contribution in [-0.2, 0) is 9.53 Å². The van der Waals surface area contributed by atoms with Gasteiger partial charge in [0.1, 0.15) is 11.6 Å². The van der Waals surface area contributed by atoms with Gasteiger partial charge in [-0.2, -0.15) is 0 Å². The van der Waals surface area contributed by atoms with Crippen LogP contribution in [0, 0.1) is 0 Å². The number of alkyl carbamates (subject to hydrolysis) is 1. The van der Waals surface area contributed by atoms with Crippen molar-refractivity contribution < 1.29 is 19.4 Å². The summed E-state index contributed by atoms with van der Waals surface area (Å²) in [4.78, 5) is 23.5. The number of hydrogen-bond donors (Lipinski definition) is 4. The van der Waals surface area contributed by atoms with Crippen molar-refractivity contribution in [2.45, 2.75) is 32.4 Å². The highest BCUT2D eigenvalue weighted by atomic mass is 35.5. The van der Waals surface area contributed by atoms with Crippen LogP contribution in [0.25, 0.3) is 0 Å². The molecule has 0 aliphatic rings. The quantitative estimate of drug-likeness (QED) is 0.616. The first-order chi connectivity index (χ1) is 10.2. The van der Waals surface area contributed by atoms with Gasteiger partial charge in [-0.25, -0.2) is 4.79 Å². The first-order valence-corrected chi connectivity index (χ1v) is 7.01. The minimum atomic E-state index is -1.13. The van der Waals surface area contributed by atoms with Crippen molar-refractivity contribution in [2.75, 3.05) is 12.0 Å². The number of aliphatic hydroxyl groups is 1. The lowest BCUT2D eigenvalue weighted by Crippen LogP contribution is -2.51. The Bertz CT molecular complexity index is 514. The summed E-state index contributed by atoms with van der Waals surface area (Å²) in [6.45, 7) is 4.53. The fourth-order valence-electron chi connectivity index (χ4n) is 1.40. The van der Waals surface area contributed by atoms with E-state index in [9.17, 15) is 14.7 Å². The van der Waals surface area contributed by atoms with Crippen molar-refractivity contribution in [1.82, 2.24) is 10.7 Å². The molecule has 0 radical (unpaired) electrons. The van der Waals surface area contributed by atoms with E-state index in [1.165, 1.54) is 0 Å². The van der Waals surface area contributed by atoms with E-state index in [1.54, 1.807) is 45.0 Å². The number of aliphatic hydroxyl groups excluding tert-OH is 1. The second-order valence-corrected chi connectivity index (χ2v) is 5.94. The highest BCUT2D eigenvalue weighted by molar-refractivity contribution is 6.30. The van der Waals surface area contributed by atoms with Gasteiger partial charge in [0, 0.05) is 5.02 Å². The van der Waals surface area contributed by atoms with Gasteiger partial charge in [-0.15, -0.1) is 0 Å². The number of hydrogen-bond acceptors (Lipinski definition) is 5. The zero-order chi connectivity index (χ0) is 16.8. The Labute approximate surface area is 134 Å². The second-order valence-electron chi connectivity index (χ2n) is 5.50. The summed E-state index contributed by atoms with van der Waals surface area (Å²) in [5, 5.41) is 12.1. The molecule has 0 aromatic heterocycles. The van der Waals surface area contributed by atoms with Crippen molar-refractivity contribution in [2.24, 2.45) is 0 Å². The third kappa shape index (κ3) is 6.64. The average Bonchev–Trinajstić information content (AvgIpc) is 2.42. The van der Waals surface area contributed by atoms with Crippen LogP contribution in [0.3, 0.4) is 0 Å². The van der Waals surface area contributed by atoms with E-state index in [0.29, 0.717) is 10.7 Å². The lowest BCUT2D eigenvalue weighted by atomic mass is 10.2. The number of carbonyl (C=O) groups is 2. The lowest BCUT2D eigenvalue weighted by molar-refractivity contribution is -0.123. The van der Waals surface area contributed by atoms with Crippen molar-refractivity contribution in [3.05, 3.63) is 29.3 Å². The Balaban J connectivity index is 2.50. The molecule has 1 rings (SSSR count). The van der Waals surface area contributed by atoms with E-state index >= 15 is 0 Å². The minimum Gasteiger partial charge on any atom is -0.444 e. The molecule has 0 fully saturated rings. The Morgan fingerprint density at radius 3 is 2.36 bits per heavy atom. The largest absolute Gasteiger partial charge is 0.444 e. The molecule has 7 nitrogen and oxygen atoms in total. The Hall–Kier alpha value is -1.99. The third-order valence-corrected chi connectivity index (χ3v) is 2.62. The van der Waals surface area contributed by atoms with Gasteiger partial charge in [-0.3, -0.25) is 15.6 Å². The van der Waals surface area contributed by atoms with Gasteiger partial charge in [-0.1, -0.05) is 11.6 Å². The van der Waals surface area contributed by atoms with Crippen LogP contribution in [0.5, 0.6) is 0 Å². The van der Waals surface area contributed by atoms with Crippen LogP contribution in [-0.4, -0.2) is 35.4 Å². The molecular formula is C14H20ClN3O4. The summed E-state index contributed by atoms with van der Waals surface area (Å²) in [5.41, 5.74) is 4.93. The van der Waals surface area contributed by atoms with Crippen LogP contribution >= 0.6 is 11.6 Å². The van der Waals surface area contributed by atoms with E-state index in [4.69, 9.17) is 16.3 Å². The first kappa shape index (κ1) is 18.1. The number of anilines is 1. The fraction of sp³-hybridized carbons (Fsp3) is 0.429. The van der Waals surface area contributed by atoms with Gasteiger partial charge in [-0.05, 0) is 45.0 Å². The number of halogens is 1. The van der Waals surface area contributed by atoms with Crippen molar-refractivity contribution in [1.29, 1.82) is 0 Å². The molecule has 0 saturated carbocycles. The number of ether oxygens (including phenoxy) is 1. The van der Waals surface area contributed by atoms with Gasteiger partial charge in [0.25, 0.3) is 5.91 Å². The van der Waals surface area contributed by atoms with Crippen LogP contribution < -0.4 is 16.2 Å². The SMILES string of the molecule is CC(C)(C)OC(=O)NC(CO)C(=O)NNc1ccc(Cl)cc1. The first-order valence-electron chi connectivity index (χ1n) is 6.63. The van der Waals surface area contributed by atoms with Gasteiger partial charge in [0.2, 0.25) is 0 Å². The topological polar surface area (TPSA) is 99.7 Å². The molecule has 122 valence electrons. The van der Waals surface area contributed by atoms with Gasteiger partial charge >= 0.3 is 6.09 Å². The molecule has 22 heavy (non-hydrogen) atoms. The number of amides is 2. The zero-order valence-electron chi connectivity index (χ0n) is 12.6. The molecule has 1 atom stereocenters. The standard InChI is InChI=1S/C14H20ClN3O4/c1-14(2,3)22-13(21)16-11(8-19)12(20)18-17-10-6-4-9(15)5-7-10/h4-7,11,17,19H,8H2,1-3H3,(H,16,21)(H,18,20).